The smallest absolute Gasteiger partial charge is 0.132 e. The topological polar surface area (TPSA) is 45.5 Å². The van der Waals surface area contributed by atoms with E-state index in [4.69, 9.17) is 9.47 Å². The Balaban J connectivity index is 2.72. The number of methoxy groups -OCH3 is 1. The predicted molar refractivity (Wildman–Crippen MR) is 52.9 cm³/mol. The molecule has 0 aromatic heterocycles. The van der Waals surface area contributed by atoms with Crippen molar-refractivity contribution >= 4 is 0 Å². The maximum atomic E-state index is 9.23. The first-order valence-electron chi connectivity index (χ1n) is 4.92. The maximum absolute atomic E-state index is 9.23. The van der Waals surface area contributed by atoms with Crippen LogP contribution < -0.4 is 0 Å². The van der Waals surface area contributed by atoms with Crippen LogP contribution in [0.4, 0.5) is 0 Å². The number of morpholine rings is 1. The van der Waals surface area contributed by atoms with Crippen LogP contribution in [0.15, 0.2) is 0 Å². The lowest BCUT2D eigenvalue weighted by molar-refractivity contribution is -0.0522. The first kappa shape index (κ1) is 11.4. The van der Waals surface area contributed by atoms with Gasteiger partial charge in [0.1, 0.15) is 5.54 Å². The highest BCUT2D eigenvalue weighted by atomic mass is 16.5. The molecule has 1 rings (SSSR count). The molecule has 0 aliphatic carbocycles. The van der Waals surface area contributed by atoms with Crippen molar-refractivity contribution in [2.24, 2.45) is 0 Å². The molecule has 2 atom stereocenters. The second-order valence-electron chi connectivity index (χ2n) is 3.74. The van der Waals surface area contributed by atoms with Crippen LogP contribution in [0, 0.1) is 11.3 Å². The van der Waals surface area contributed by atoms with Crippen molar-refractivity contribution in [3.8, 4) is 6.07 Å². The van der Waals surface area contributed by atoms with Gasteiger partial charge >= 0.3 is 0 Å². The van der Waals surface area contributed by atoms with Crippen molar-refractivity contribution in [3.63, 3.8) is 0 Å². The molecule has 4 heteroatoms. The fraction of sp³-hybridized carbons (Fsp3) is 0.900. The van der Waals surface area contributed by atoms with E-state index in [1.807, 2.05) is 13.8 Å². The third-order valence-corrected chi connectivity index (χ3v) is 3.04. The summed E-state index contributed by atoms with van der Waals surface area (Å²) in [5.41, 5.74) is -0.543. The first-order chi connectivity index (χ1) is 6.65. The first-order valence-corrected chi connectivity index (χ1v) is 4.92. The van der Waals surface area contributed by atoms with Crippen molar-refractivity contribution in [2.45, 2.75) is 25.5 Å². The summed E-state index contributed by atoms with van der Waals surface area (Å²) in [6.07, 6.45) is -0.0920. The molecule has 1 aliphatic rings. The summed E-state index contributed by atoms with van der Waals surface area (Å²) in [5, 5.41) is 9.23. The summed E-state index contributed by atoms with van der Waals surface area (Å²) >= 11 is 0. The SMILES string of the molecule is COC(C)C(C)(C#N)N1CCOCC1. The van der Waals surface area contributed by atoms with Gasteiger partial charge in [0.15, 0.2) is 0 Å². The van der Waals surface area contributed by atoms with E-state index in [0.717, 1.165) is 13.1 Å². The molecule has 0 N–H and O–H groups in total. The van der Waals surface area contributed by atoms with E-state index in [-0.39, 0.29) is 6.10 Å². The summed E-state index contributed by atoms with van der Waals surface area (Å²) in [4.78, 5) is 2.13. The second-order valence-corrected chi connectivity index (χ2v) is 3.74. The van der Waals surface area contributed by atoms with Gasteiger partial charge in [-0.1, -0.05) is 0 Å². The molecular formula is C10H18N2O2. The summed E-state index contributed by atoms with van der Waals surface area (Å²) in [5.74, 6) is 0. The molecule has 0 aromatic rings. The van der Waals surface area contributed by atoms with Gasteiger partial charge < -0.3 is 9.47 Å². The molecule has 0 radical (unpaired) electrons. The fourth-order valence-electron chi connectivity index (χ4n) is 1.68. The number of hydrogen-bond acceptors (Lipinski definition) is 4. The average molecular weight is 198 g/mol. The molecule has 1 saturated heterocycles. The second kappa shape index (κ2) is 4.74. The van der Waals surface area contributed by atoms with Crippen LogP contribution in [0.2, 0.25) is 0 Å². The standard InChI is InChI=1S/C10H18N2O2/c1-9(13-3)10(2,8-11)12-4-6-14-7-5-12/h9H,4-7H2,1-3H3. The van der Waals surface area contributed by atoms with Gasteiger partial charge in [0.25, 0.3) is 0 Å². The zero-order chi connectivity index (χ0) is 10.6. The van der Waals surface area contributed by atoms with E-state index < -0.39 is 5.54 Å². The van der Waals surface area contributed by atoms with Crippen LogP contribution >= 0.6 is 0 Å². The highest BCUT2D eigenvalue weighted by Crippen LogP contribution is 2.21. The molecule has 14 heavy (non-hydrogen) atoms. The molecule has 0 spiro atoms. The van der Waals surface area contributed by atoms with Crippen LogP contribution in [-0.4, -0.2) is 50.0 Å². The minimum Gasteiger partial charge on any atom is -0.379 e. The van der Waals surface area contributed by atoms with Crippen LogP contribution in [0.5, 0.6) is 0 Å². The number of ether oxygens (including phenoxy) is 2. The molecule has 1 aliphatic heterocycles. The Labute approximate surface area is 85.4 Å². The van der Waals surface area contributed by atoms with Crippen molar-refractivity contribution < 1.29 is 9.47 Å². The molecule has 1 heterocycles. The predicted octanol–water partition coefficient (Wildman–Crippen LogP) is 0.636. The van der Waals surface area contributed by atoms with E-state index in [1.54, 1.807) is 7.11 Å². The fourth-order valence-corrected chi connectivity index (χ4v) is 1.68. The van der Waals surface area contributed by atoms with Gasteiger partial charge in [-0.3, -0.25) is 4.90 Å². The van der Waals surface area contributed by atoms with E-state index in [9.17, 15) is 5.26 Å². The summed E-state index contributed by atoms with van der Waals surface area (Å²) in [6.45, 7) is 6.86. The Morgan fingerprint density at radius 3 is 2.50 bits per heavy atom. The quantitative estimate of drug-likeness (QED) is 0.667. The molecule has 0 bridgehead atoms. The van der Waals surface area contributed by atoms with Gasteiger partial charge in [0.2, 0.25) is 0 Å². The van der Waals surface area contributed by atoms with Crippen LogP contribution in [0.25, 0.3) is 0 Å². The summed E-state index contributed by atoms with van der Waals surface area (Å²) in [6, 6.07) is 2.34. The monoisotopic (exact) mass is 198 g/mol. The molecule has 4 nitrogen and oxygen atoms in total. The largest absolute Gasteiger partial charge is 0.379 e. The number of nitriles is 1. The van der Waals surface area contributed by atoms with E-state index >= 15 is 0 Å². The van der Waals surface area contributed by atoms with Gasteiger partial charge in [-0.2, -0.15) is 5.26 Å². The minimum absolute atomic E-state index is 0.0920. The highest BCUT2D eigenvalue weighted by molar-refractivity contribution is 5.09. The maximum Gasteiger partial charge on any atom is 0.132 e. The van der Waals surface area contributed by atoms with Crippen LogP contribution in [0.1, 0.15) is 13.8 Å². The lowest BCUT2D eigenvalue weighted by Crippen LogP contribution is -2.56. The Bertz CT molecular complexity index is 221. The molecule has 2 unspecified atom stereocenters. The molecule has 0 saturated carbocycles. The zero-order valence-corrected chi connectivity index (χ0v) is 9.12. The van der Waals surface area contributed by atoms with Gasteiger partial charge in [0.05, 0.1) is 25.4 Å². The van der Waals surface area contributed by atoms with Crippen molar-refractivity contribution in [2.75, 3.05) is 33.4 Å². The molecule has 0 aromatic carbocycles. The Morgan fingerprint density at radius 1 is 1.50 bits per heavy atom. The van der Waals surface area contributed by atoms with Crippen molar-refractivity contribution in [1.82, 2.24) is 4.90 Å². The summed E-state index contributed by atoms with van der Waals surface area (Å²) < 4.78 is 10.5. The Hall–Kier alpha value is -0.630. The van der Waals surface area contributed by atoms with Gasteiger partial charge in [-0.05, 0) is 13.8 Å². The third-order valence-electron chi connectivity index (χ3n) is 3.04. The van der Waals surface area contributed by atoms with Crippen molar-refractivity contribution in [1.29, 1.82) is 5.26 Å². The van der Waals surface area contributed by atoms with E-state index in [0.29, 0.717) is 13.2 Å². The summed E-state index contributed by atoms with van der Waals surface area (Å²) in [7, 11) is 1.64. The lowest BCUT2D eigenvalue weighted by Gasteiger charge is -2.41. The molecule has 0 amide bonds. The lowest BCUT2D eigenvalue weighted by atomic mass is 9.95. The Morgan fingerprint density at radius 2 is 2.07 bits per heavy atom. The highest BCUT2D eigenvalue weighted by Gasteiger charge is 2.38. The number of nitrogens with zero attached hydrogens (tertiary/aromatic N) is 2. The molecule has 80 valence electrons. The van der Waals surface area contributed by atoms with Gasteiger partial charge in [0, 0.05) is 20.2 Å². The number of rotatable bonds is 3. The normalized spacial score (nSPS) is 25.0. The molecule has 1 fully saturated rings. The van der Waals surface area contributed by atoms with Crippen LogP contribution in [-0.2, 0) is 9.47 Å². The van der Waals surface area contributed by atoms with Crippen LogP contribution in [0.3, 0.4) is 0 Å². The van der Waals surface area contributed by atoms with E-state index in [1.165, 1.54) is 0 Å². The van der Waals surface area contributed by atoms with E-state index in [2.05, 4.69) is 11.0 Å². The minimum atomic E-state index is -0.543. The van der Waals surface area contributed by atoms with Crippen molar-refractivity contribution in [3.05, 3.63) is 0 Å². The molecular weight excluding hydrogens is 180 g/mol. The number of hydrogen-bond donors (Lipinski definition) is 0. The third kappa shape index (κ3) is 2.06. The average Bonchev–Trinajstić information content (AvgIpc) is 2.28. The van der Waals surface area contributed by atoms with Gasteiger partial charge in [-0.25, -0.2) is 0 Å². The Kier molecular flexibility index (Phi) is 3.87. The zero-order valence-electron chi connectivity index (χ0n) is 9.12. The van der Waals surface area contributed by atoms with Gasteiger partial charge in [-0.15, -0.1) is 0 Å².